The van der Waals surface area contributed by atoms with Crippen molar-refractivity contribution in [3.63, 3.8) is 0 Å². The summed E-state index contributed by atoms with van der Waals surface area (Å²) in [6.07, 6.45) is -4.37. The summed E-state index contributed by atoms with van der Waals surface area (Å²) in [7, 11) is 0. The molecule has 0 aliphatic heterocycles. The molecule has 2 rings (SSSR count). The second-order valence-corrected chi connectivity index (χ2v) is 6.73. The van der Waals surface area contributed by atoms with Gasteiger partial charge in [0.1, 0.15) is 0 Å². The van der Waals surface area contributed by atoms with Gasteiger partial charge >= 0.3 is 6.18 Å². The third-order valence-corrected chi connectivity index (χ3v) is 5.01. The lowest BCUT2D eigenvalue weighted by Gasteiger charge is -2.17. The maximum Gasteiger partial charge on any atom is 0.417 e. The van der Waals surface area contributed by atoms with Crippen molar-refractivity contribution in [2.24, 2.45) is 0 Å². The van der Waals surface area contributed by atoms with Gasteiger partial charge in [0, 0.05) is 4.47 Å². The molecule has 0 N–H and O–H groups in total. The molecule has 0 spiro atoms. The van der Waals surface area contributed by atoms with Gasteiger partial charge in [0.2, 0.25) is 0 Å². The first-order valence-electron chi connectivity index (χ1n) is 6.28. The zero-order valence-electron chi connectivity index (χ0n) is 11.4. The molecule has 1 atom stereocenters. The molecule has 1 unspecified atom stereocenters. The highest BCUT2D eigenvalue weighted by atomic mass is 79.9. The van der Waals surface area contributed by atoms with Crippen molar-refractivity contribution < 1.29 is 13.2 Å². The number of halogens is 5. The Morgan fingerprint density at radius 2 is 1.67 bits per heavy atom. The average molecular weight is 422 g/mol. The zero-order valence-corrected chi connectivity index (χ0v) is 14.6. The smallest absolute Gasteiger partial charge is 0.166 e. The first kappa shape index (κ1) is 16.6. The van der Waals surface area contributed by atoms with E-state index in [1.165, 1.54) is 12.1 Å². The van der Waals surface area contributed by atoms with E-state index in [0.29, 0.717) is 5.56 Å². The summed E-state index contributed by atoms with van der Waals surface area (Å²) in [4.78, 5) is -0.272. The van der Waals surface area contributed by atoms with E-state index < -0.39 is 11.7 Å². The summed E-state index contributed by atoms with van der Waals surface area (Å²) < 4.78 is 39.0. The molecular formula is C16H13Br2F3. The molecule has 0 heterocycles. The number of aryl methyl sites for hydroxylation is 2. The van der Waals surface area contributed by atoms with Crippen LogP contribution >= 0.6 is 31.9 Å². The van der Waals surface area contributed by atoms with Gasteiger partial charge in [0.05, 0.1) is 10.4 Å². The predicted molar refractivity (Wildman–Crippen MR) is 85.8 cm³/mol. The van der Waals surface area contributed by atoms with Crippen LogP contribution in [0.4, 0.5) is 13.2 Å². The van der Waals surface area contributed by atoms with E-state index >= 15 is 0 Å². The summed E-state index contributed by atoms with van der Waals surface area (Å²) in [5.41, 5.74) is 3.02. The van der Waals surface area contributed by atoms with Crippen LogP contribution in [0.5, 0.6) is 0 Å². The maximum absolute atomic E-state index is 13.0. The normalized spacial score (nSPS) is 13.3. The Labute approximate surface area is 138 Å². The molecule has 5 heteroatoms. The molecule has 0 nitrogen and oxygen atoms in total. The lowest BCUT2D eigenvalue weighted by Crippen LogP contribution is -2.07. The first-order chi connectivity index (χ1) is 9.70. The second-order valence-electron chi connectivity index (χ2n) is 4.96. The maximum atomic E-state index is 13.0. The predicted octanol–water partition coefficient (Wildman–Crippen LogP) is 6.57. The fourth-order valence-electron chi connectivity index (χ4n) is 2.13. The molecule has 2 aromatic carbocycles. The van der Waals surface area contributed by atoms with Crippen LogP contribution in [0.15, 0.2) is 40.9 Å². The minimum absolute atomic E-state index is 0.0550. The molecule has 112 valence electrons. The van der Waals surface area contributed by atoms with Crippen LogP contribution in [-0.4, -0.2) is 0 Å². The van der Waals surface area contributed by atoms with Crippen molar-refractivity contribution in [1.82, 2.24) is 0 Å². The van der Waals surface area contributed by atoms with E-state index in [1.54, 1.807) is 6.07 Å². The van der Waals surface area contributed by atoms with Gasteiger partial charge in [-0.3, -0.25) is 0 Å². The van der Waals surface area contributed by atoms with E-state index in [1.807, 2.05) is 32.0 Å². The summed E-state index contributed by atoms with van der Waals surface area (Å²) >= 11 is 6.48. The first-order valence-corrected chi connectivity index (χ1v) is 7.99. The molecule has 0 radical (unpaired) electrons. The molecule has 0 bridgehead atoms. The van der Waals surface area contributed by atoms with Crippen LogP contribution in [0.1, 0.15) is 32.6 Å². The molecule has 0 saturated heterocycles. The van der Waals surface area contributed by atoms with Crippen molar-refractivity contribution in [3.8, 4) is 0 Å². The summed E-state index contributed by atoms with van der Waals surface area (Å²) in [5, 5.41) is 0. The SMILES string of the molecule is Cc1ccc(C)c(C(Br)c2ccc(Br)c(C(F)(F)F)c2)c1. The third-order valence-electron chi connectivity index (χ3n) is 3.30. The number of rotatable bonds is 2. The Balaban J connectivity index is 2.49. The average Bonchev–Trinajstić information content (AvgIpc) is 2.40. The van der Waals surface area contributed by atoms with Gasteiger partial charge < -0.3 is 0 Å². The summed E-state index contributed by atoms with van der Waals surface area (Å²) in [6, 6.07) is 10.3. The zero-order chi connectivity index (χ0) is 15.8. The highest BCUT2D eigenvalue weighted by Crippen LogP contribution is 2.40. The monoisotopic (exact) mass is 420 g/mol. The highest BCUT2D eigenvalue weighted by Gasteiger charge is 2.33. The van der Waals surface area contributed by atoms with Crippen LogP contribution in [0.2, 0.25) is 0 Å². The van der Waals surface area contributed by atoms with E-state index in [4.69, 9.17) is 0 Å². The van der Waals surface area contributed by atoms with Gasteiger partial charge in [0.15, 0.2) is 0 Å². The highest BCUT2D eigenvalue weighted by molar-refractivity contribution is 9.10. The molecule has 21 heavy (non-hydrogen) atoms. The molecule has 2 aromatic rings. The summed E-state index contributed by atoms with van der Waals surface area (Å²) in [6.45, 7) is 3.91. The fourth-order valence-corrected chi connectivity index (χ4v) is 3.38. The minimum atomic E-state index is -4.37. The van der Waals surface area contributed by atoms with Crippen LogP contribution in [-0.2, 0) is 6.18 Å². The van der Waals surface area contributed by atoms with Gasteiger partial charge in [-0.2, -0.15) is 13.2 Å². The molecule has 0 saturated carbocycles. The van der Waals surface area contributed by atoms with Crippen molar-refractivity contribution in [2.45, 2.75) is 24.9 Å². The van der Waals surface area contributed by atoms with Crippen LogP contribution in [0, 0.1) is 13.8 Å². The quantitative estimate of drug-likeness (QED) is 0.481. The van der Waals surface area contributed by atoms with Gasteiger partial charge in [-0.25, -0.2) is 0 Å². The molecule has 0 aromatic heterocycles. The molecule has 0 aliphatic rings. The van der Waals surface area contributed by atoms with Crippen LogP contribution in [0.3, 0.4) is 0 Å². The molecule has 0 fully saturated rings. The largest absolute Gasteiger partial charge is 0.417 e. The Morgan fingerprint density at radius 1 is 1.00 bits per heavy atom. The van der Waals surface area contributed by atoms with Crippen LogP contribution < -0.4 is 0 Å². The number of hydrogen-bond acceptors (Lipinski definition) is 0. The molecule has 0 aliphatic carbocycles. The van der Waals surface area contributed by atoms with E-state index in [0.717, 1.165) is 16.7 Å². The fraction of sp³-hybridized carbons (Fsp3) is 0.250. The Bertz CT molecular complexity index is 663. The Morgan fingerprint density at radius 3 is 2.29 bits per heavy atom. The van der Waals surface area contributed by atoms with E-state index in [9.17, 15) is 13.2 Å². The minimum Gasteiger partial charge on any atom is -0.166 e. The van der Waals surface area contributed by atoms with Crippen molar-refractivity contribution >= 4 is 31.9 Å². The van der Waals surface area contributed by atoms with Crippen molar-refractivity contribution in [2.75, 3.05) is 0 Å². The van der Waals surface area contributed by atoms with Gasteiger partial charge in [-0.05, 0) is 42.7 Å². The molecular weight excluding hydrogens is 409 g/mol. The number of alkyl halides is 4. The van der Waals surface area contributed by atoms with Crippen molar-refractivity contribution in [3.05, 3.63) is 68.7 Å². The molecule has 0 amide bonds. The van der Waals surface area contributed by atoms with Crippen LogP contribution in [0.25, 0.3) is 0 Å². The van der Waals surface area contributed by atoms with Gasteiger partial charge in [-0.15, -0.1) is 0 Å². The number of benzene rings is 2. The van der Waals surface area contributed by atoms with Crippen molar-refractivity contribution in [1.29, 1.82) is 0 Å². The van der Waals surface area contributed by atoms with E-state index in [-0.39, 0.29) is 9.30 Å². The number of hydrogen-bond donors (Lipinski definition) is 0. The third kappa shape index (κ3) is 3.69. The summed E-state index contributed by atoms with van der Waals surface area (Å²) in [5.74, 6) is 0. The lowest BCUT2D eigenvalue weighted by molar-refractivity contribution is -0.138. The lowest BCUT2D eigenvalue weighted by atomic mass is 9.97. The Hall–Kier alpha value is -0.810. The standard InChI is InChI=1S/C16H13Br2F3/c1-9-3-4-10(2)12(7-9)15(18)11-5-6-14(17)13(8-11)16(19,20)21/h3-8,15H,1-2H3. The topological polar surface area (TPSA) is 0 Å². The second kappa shape index (κ2) is 6.13. The van der Waals surface area contributed by atoms with Gasteiger partial charge in [-0.1, -0.05) is 61.7 Å². The van der Waals surface area contributed by atoms with Gasteiger partial charge in [0.25, 0.3) is 0 Å². The Kier molecular flexibility index (Phi) is 4.83. The van der Waals surface area contributed by atoms with E-state index in [2.05, 4.69) is 31.9 Å².